The number of carbonyl (C=O) groups excluding carboxylic acids is 2. The van der Waals surface area contributed by atoms with Gasteiger partial charge in [0.2, 0.25) is 11.8 Å². The maximum absolute atomic E-state index is 12.8. The minimum atomic E-state index is -0.462. The summed E-state index contributed by atoms with van der Waals surface area (Å²) in [6.07, 6.45) is 1.22. The summed E-state index contributed by atoms with van der Waals surface area (Å²) >= 11 is 7.57. The lowest BCUT2D eigenvalue weighted by atomic mass is 10.0. The molecule has 4 rings (SSSR count). The molecule has 2 atom stereocenters. The van der Waals surface area contributed by atoms with Crippen molar-refractivity contribution in [3.63, 3.8) is 0 Å². The van der Waals surface area contributed by atoms with Crippen LogP contribution in [-0.4, -0.2) is 28.5 Å². The lowest BCUT2D eigenvalue weighted by molar-refractivity contribution is -0.136. The van der Waals surface area contributed by atoms with Crippen LogP contribution < -0.4 is 5.32 Å². The third kappa shape index (κ3) is 2.81. The molecule has 0 aromatic heterocycles. The summed E-state index contributed by atoms with van der Waals surface area (Å²) in [5.41, 5.74) is 1.77. The van der Waals surface area contributed by atoms with E-state index in [1.54, 1.807) is 40.9 Å². The van der Waals surface area contributed by atoms with Crippen LogP contribution in [0.15, 0.2) is 54.6 Å². The van der Waals surface area contributed by atoms with E-state index >= 15 is 0 Å². The number of halogens is 1. The van der Waals surface area contributed by atoms with E-state index in [4.69, 9.17) is 11.6 Å². The summed E-state index contributed by atoms with van der Waals surface area (Å²) in [5.74, 6) is 0.494. The van der Waals surface area contributed by atoms with Crippen molar-refractivity contribution in [3.8, 4) is 0 Å². The number of anilines is 1. The maximum Gasteiger partial charge on any atom is 0.248 e. The predicted molar refractivity (Wildman–Crippen MR) is 101 cm³/mol. The Balaban J connectivity index is 1.60. The number of hydrogen-bond donors (Lipinski definition) is 1. The zero-order valence-electron chi connectivity index (χ0n) is 13.4. The molecule has 2 aliphatic rings. The number of nitrogens with zero attached hydrogens (tertiary/aromatic N) is 1. The van der Waals surface area contributed by atoms with Crippen molar-refractivity contribution < 1.29 is 9.59 Å². The SMILES string of the molecule is O=C(Nc1ccc(Cl)cc1)[C@@H]1CS[C@]2(c3ccccc3)CCC(=O)N12. The molecule has 4 nitrogen and oxygen atoms in total. The molecule has 2 heterocycles. The van der Waals surface area contributed by atoms with E-state index in [0.717, 1.165) is 12.0 Å². The molecule has 2 saturated heterocycles. The number of carbonyl (C=O) groups is 2. The van der Waals surface area contributed by atoms with Crippen molar-refractivity contribution in [2.75, 3.05) is 11.1 Å². The third-order valence-corrected chi connectivity index (χ3v) is 6.61. The highest BCUT2D eigenvalue weighted by Gasteiger charge is 2.56. The number of thioether (sulfide) groups is 1. The Kier molecular flexibility index (Phi) is 4.21. The van der Waals surface area contributed by atoms with Gasteiger partial charge < -0.3 is 10.2 Å². The second-order valence-electron chi connectivity index (χ2n) is 6.24. The maximum atomic E-state index is 12.8. The largest absolute Gasteiger partial charge is 0.324 e. The Morgan fingerprint density at radius 1 is 1.16 bits per heavy atom. The van der Waals surface area contributed by atoms with Gasteiger partial charge in [0.15, 0.2) is 0 Å². The van der Waals surface area contributed by atoms with Crippen LogP contribution in [0.3, 0.4) is 0 Å². The number of rotatable bonds is 3. The number of hydrogen-bond acceptors (Lipinski definition) is 3. The molecule has 6 heteroatoms. The van der Waals surface area contributed by atoms with E-state index in [-0.39, 0.29) is 11.8 Å². The molecule has 2 aliphatic heterocycles. The smallest absolute Gasteiger partial charge is 0.248 e. The highest BCUT2D eigenvalue weighted by atomic mass is 35.5. The number of benzene rings is 2. The first-order valence-electron chi connectivity index (χ1n) is 8.18. The first kappa shape index (κ1) is 16.5. The summed E-state index contributed by atoms with van der Waals surface area (Å²) in [6.45, 7) is 0. The van der Waals surface area contributed by atoms with E-state index < -0.39 is 10.9 Å². The summed E-state index contributed by atoms with van der Waals surface area (Å²) in [5, 5.41) is 3.53. The Labute approximate surface area is 155 Å². The van der Waals surface area contributed by atoms with Gasteiger partial charge in [-0.15, -0.1) is 11.8 Å². The molecule has 2 aromatic carbocycles. The van der Waals surface area contributed by atoms with Crippen LogP contribution in [-0.2, 0) is 14.5 Å². The molecule has 2 fully saturated rings. The van der Waals surface area contributed by atoms with Gasteiger partial charge in [-0.25, -0.2) is 0 Å². The van der Waals surface area contributed by atoms with E-state index in [1.165, 1.54) is 0 Å². The van der Waals surface area contributed by atoms with E-state index in [2.05, 4.69) is 5.32 Å². The van der Waals surface area contributed by atoms with Gasteiger partial charge in [-0.2, -0.15) is 0 Å². The minimum Gasteiger partial charge on any atom is -0.324 e. The van der Waals surface area contributed by atoms with Gasteiger partial charge in [0.1, 0.15) is 10.9 Å². The van der Waals surface area contributed by atoms with Crippen LogP contribution in [0, 0.1) is 0 Å². The highest BCUT2D eigenvalue weighted by Crippen LogP contribution is 2.54. The molecule has 2 aromatic rings. The van der Waals surface area contributed by atoms with Crippen molar-refractivity contribution in [3.05, 3.63) is 65.2 Å². The number of fused-ring (bicyclic) bond motifs is 1. The van der Waals surface area contributed by atoms with Gasteiger partial charge >= 0.3 is 0 Å². The normalized spacial score (nSPS) is 25.1. The summed E-state index contributed by atoms with van der Waals surface area (Å²) in [6, 6.07) is 16.5. The van der Waals surface area contributed by atoms with Crippen molar-refractivity contribution in [1.82, 2.24) is 4.90 Å². The van der Waals surface area contributed by atoms with E-state index in [0.29, 0.717) is 22.9 Å². The molecule has 128 valence electrons. The molecule has 0 aliphatic carbocycles. The highest BCUT2D eigenvalue weighted by molar-refractivity contribution is 8.00. The van der Waals surface area contributed by atoms with Gasteiger partial charge in [-0.3, -0.25) is 9.59 Å². The van der Waals surface area contributed by atoms with Crippen LogP contribution in [0.5, 0.6) is 0 Å². The fraction of sp³-hybridized carbons (Fsp3) is 0.263. The van der Waals surface area contributed by atoms with Gasteiger partial charge in [-0.1, -0.05) is 41.9 Å². The average molecular weight is 373 g/mol. The van der Waals surface area contributed by atoms with Crippen molar-refractivity contribution in [2.24, 2.45) is 0 Å². The molecule has 0 saturated carbocycles. The van der Waals surface area contributed by atoms with Gasteiger partial charge in [0.05, 0.1) is 0 Å². The van der Waals surface area contributed by atoms with E-state index in [9.17, 15) is 9.59 Å². The molecular formula is C19H17ClN2O2S. The lowest BCUT2D eigenvalue weighted by Gasteiger charge is -2.34. The number of amides is 2. The van der Waals surface area contributed by atoms with Gasteiger partial charge in [0, 0.05) is 22.9 Å². The first-order chi connectivity index (χ1) is 12.1. The standard InChI is InChI=1S/C19H17ClN2O2S/c20-14-6-8-15(9-7-14)21-18(24)16-12-25-19(11-10-17(23)22(16)19)13-4-2-1-3-5-13/h1-9,16H,10-12H2,(H,21,24)/t16-,19-/m0/s1. The van der Waals surface area contributed by atoms with Crippen molar-refractivity contribution in [2.45, 2.75) is 23.8 Å². The Hall–Kier alpha value is -1.98. The fourth-order valence-electron chi connectivity index (χ4n) is 3.59. The Morgan fingerprint density at radius 3 is 2.60 bits per heavy atom. The van der Waals surface area contributed by atoms with Crippen LogP contribution in [0.2, 0.25) is 5.02 Å². The molecule has 0 spiro atoms. The molecule has 1 N–H and O–H groups in total. The zero-order valence-corrected chi connectivity index (χ0v) is 15.0. The second-order valence-corrected chi connectivity index (χ2v) is 7.97. The molecule has 25 heavy (non-hydrogen) atoms. The zero-order chi connectivity index (χ0) is 17.4. The molecular weight excluding hydrogens is 356 g/mol. The summed E-state index contributed by atoms with van der Waals surface area (Å²) in [7, 11) is 0. The summed E-state index contributed by atoms with van der Waals surface area (Å²) in [4.78, 5) is 26.7. The molecule has 0 radical (unpaired) electrons. The molecule has 2 amide bonds. The molecule has 0 unspecified atom stereocenters. The Morgan fingerprint density at radius 2 is 1.88 bits per heavy atom. The Bertz CT molecular complexity index is 812. The fourth-order valence-corrected chi connectivity index (χ4v) is 5.37. The van der Waals surface area contributed by atoms with Crippen LogP contribution in [0.25, 0.3) is 0 Å². The monoisotopic (exact) mass is 372 g/mol. The quantitative estimate of drug-likeness (QED) is 0.889. The average Bonchev–Trinajstić information content (AvgIpc) is 3.17. The van der Waals surface area contributed by atoms with Gasteiger partial charge in [-0.05, 0) is 36.2 Å². The van der Waals surface area contributed by atoms with Gasteiger partial charge in [0.25, 0.3) is 0 Å². The molecule has 0 bridgehead atoms. The predicted octanol–water partition coefficient (Wildman–Crippen LogP) is 3.87. The van der Waals surface area contributed by atoms with E-state index in [1.807, 2.05) is 30.3 Å². The van der Waals surface area contributed by atoms with Crippen LogP contribution in [0.4, 0.5) is 5.69 Å². The number of nitrogens with one attached hydrogen (secondary N) is 1. The van der Waals surface area contributed by atoms with Crippen molar-refractivity contribution in [1.29, 1.82) is 0 Å². The third-order valence-electron chi connectivity index (χ3n) is 4.77. The topological polar surface area (TPSA) is 49.4 Å². The summed E-state index contributed by atoms with van der Waals surface area (Å²) < 4.78 is 0. The van der Waals surface area contributed by atoms with Crippen LogP contribution >= 0.6 is 23.4 Å². The minimum absolute atomic E-state index is 0.0464. The first-order valence-corrected chi connectivity index (χ1v) is 9.55. The lowest BCUT2D eigenvalue weighted by Crippen LogP contribution is -2.48. The van der Waals surface area contributed by atoms with Crippen LogP contribution in [0.1, 0.15) is 18.4 Å². The second kappa shape index (κ2) is 6.39. The van der Waals surface area contributed by atoms with Crippen molar-refractivity contribution >= 4 is 40.9 Å².